The van der Waals surface area contributed by atoms with Gasteiger partial charge in [-0.1, -0.05) is 41.5 Å². The van der Waals surface area contributed by atoms with Crippen molar-refractivity contribution in [2.24, 2.45) is 0 Å². The van der Waals surface area contributed by atoms with E-state index in [1.807, 2.05) is 4.98 Å². The molecular weight excluding hydrogens is 486 g/mol. The van der Waals surface area contributed by atoms with Gasteiger partial charge in [-0.2, -0.15) is 0 Å². The molecule has 1 aromatic rings. The molecule has 0 aliphatic carbocycles. The Balaban J connectivity index is 0.000000680. The van der Waals surface area contributed by atoms with E-state index in [0.717, 1.165) is 12.3 Å². The minimum absolute atomic E-state index is 0.688. The number of aliphatic hydroxyl groups excluding tert-OH is 1. The molecule has 0 amide bonds. The van der Waals surface area contributed by atoms with Gasteiger partial charge in [0.25, 0.3) is 5.56 Å². The van der Waals surface area contributed by atoms with Crippen LogP contribution in [0.5, 0.6) is 0 Å². The highest BCUT2D eigenvalue weighted by atomic mass is 31.2. The first-order valence-electron chi connectivity index (χ1n) is 11.8. The number of hydrogen-bond acceptors (Lipinski definition) is 8. The van der Waals surface area contributed by atoms with Crippen LogP contribution in [0, 0.1) is 0 Å². The molecule has 0 radical (unpaired) electrons. The predicted octanol–water partition coefficient (Wildman–Crippen LogP) is 0.939. The minimum Gasteiger partial charge on any atom is -0.387 e. The molecule has 2 rings (SSSR count). The molecule has 12 nitrogen and oxygen atoms in total. The first-order valence-corrected chi connectivity index (χ1v) is 13.4. The number of phosphoric acid groups is 1. The number of aromatic amines is 1. The Labute approximate surface area is 205 Å². The van der Waals surface area contributed by atoms with Gasteiger partial charge in [0.05, 0.1) is 6.61 Å². The number of alkyl halides is 1. The molecule has 0 bridgehead atoms. The number of aromatic nitrogens is 2. The van der Waals surface area contributed by atoms with Crippen molar-refractivity contribution in [2.75, 3.05) is 45.9 Å². The molecule has 1 aromatic heterocycles. The van der Waals surface area contributed by atoms with E-state index in [-0.39, 0.29) is 0 Å². The van der Waals surface area contributed by atoms with Gasteiger partial charge in [-0.3, -0.25) is 18.9 Å². The number of nitrogens with zero attached hydrogens (tertiary/aromatic N) is 3. The molecule has 1 saturated heterocycles. The van der Waals surface area contributed by atoms with Crippen molar-refractivity contribution in [3.05, 3.63) is 33.1 Å². The Bertz CT molecular complexity index is 833. The summed E-state index contributed by atoms with van der Waals surface area (Å²) in [6, 6.07) is 0.962. The molecule has 1 aliphatic heterocycles. The summed E-state index contributed by atoms with van der Waals surface area (Å²) in [5, 5.41) is 9.61. The van der Waals surface area contributed by atoms with Gasteiger partial charge in [-0.05, 0) is 39.3 Å². The van der Waals surface area contributed by atoms with Crippen LogP contribution >= 0.6 is 7.82 Å². The molecule has 4 atom stereocenters. The van der Waals surface area contributed by atoms with E-state index in [1.165, 1.54) is 39.3 Å². The van der Waals surface area contributed by atoms with E-state index in [0.29, 0.717) is 4.57 Å². The van der Waals surface area contributed by atoms with Crippen molar-refractivity contribution in [1.82, 2.24) is 19.4 Å². The topological polar surface area (TPSA) is 158 Å². The van der Waals surface area contributed by atoms with Gasteiger partial charge >= 0.3 is 13.5 Å². The Hall–Kier alpha value is -1.44. The third-order valence-corrected chi connectivity index (χ3v) is 5.99. The molecule has 1 fully saturated rings. The van der Waals surface area contributed by atoms with Crippen molar-refractivity contribution >= 4 is 7.82 Å². The van der Waals surface area contributed by atoms with Crippen LogP contribution in [0.25, 0.3) is 0 Å². The van der Waals surface area contributed by atoms with E-state index < -0.39 is 50.3 Å². The molecule has 0 unspecified atom stereocenters. The number of rotatable bonds is 10. The van der Waals surface area contributed by atoms with Crippen LogP contribution in [0.15, 0.2) is 21.9 Å². The summed E-state index contributed by atoms with van der Waals surface area (Å²) in [6.07, 6.45) is -5.73. The minimum atomic E-state index is -4.80. The van der Waals surface area contributed by atoms with Gasteiger partial charge in [0.15, 0.2) is 12.4 Å². The van der Waals surface area contributed by atoms with E-state index in [4.69, 9.17) is 14.5 Å². The summed E-state index contributed by atoms with van der Waals surface area (Å²) in [5.74, 6) is 0. The van der Waals surface area contributed by atoms with Crippen LogP contribution in [0.2, 0.25) is 0 Å². The number of aliphatic hydroxyl groups is 1. The standard InChI is InChI=1S/C9H12FN2O8P.2C6H15N/c10-6-7(14)4(3-19-21(16,17)18)20-8(6)12-2-1-5(13)11-9(12)15;2*1-4-7(5-2)6-3/h1-2,4,6-8,14H,3H2,(H,11,13,15)(H2,16,17,18);2*4-6H2,1-3H3/t4-,6-,7-,8-;;/m1../s1. The summed E-state index contributed by atoms with van der Waals surface area (Å²) >= 11 is 0. The van der Waals surface area contributed by atoms with Crippen LogP contribution in [-0.2, 0) is 13.8 Å². The number of ether oxygens (including phenoxy) is 1. The first kappa shape index (κ1) is 33.6. The Morgan fingerprint density at radius 3 is 1.83 bits per heavy atom. The van der Waals surface area contributed by atoms with Gasteiger partial charge in [-0.15, -0.1) is 0 Å². The summed E-state index contributed by atoms with van der Waals surface area (Å²) < 4.78 is 34.4. The van der Waals surface area contributed by atoms with Crippen molar-refractivity contribution in [3.8, 4) is 0 Å². The lowest BCUT2D eigenvalue weighted by Crippen LogP contribution is -2.35. The smallest absolute Gasteiger partial charge is 0.387 e. The third kappa shape index (κ3) is 12.4. The second kappa shape index (κ2) is 17.1. The summed E-state index contributed by atoms with van der Waals surface area (Å²) in [5.41, 5.74) is -1.63. The summed E-state index contributed by atoms with van der Waals surface area (Å²) in [7, 11) is -4.80. The predicted molar refractivity (Wildman–Crippen MR) is 131 cm³/mol. The van der Waals surface area contributed by atoms with Crippen molar-refractivity contribution in [2.45, 2.75) is 66.1 Å². The van der Waals surface area contributed by atoms with Gasteiger partial charge in [0.1, 0.15) is 12.2 Å². The highest BCUT2D eigenvalue weighted by Gasteiger charge is 2.46. The van der Waals surface area contributed by atoms with E-state index in [2.05, 4.69) is 55.9 Å². The molecule has 14 heteroatoms. The van der Waals surface area contributed by atoms with Gasteiger partial charge in [0.2, 0.25) is 0 Å². The van der Waals surface area contributed by atoms with Gasteiger partial charge in [0, 0.05) is 12.3 Å². The zero-order chi connectivity index (χ0) is 27.2. The maximum Gasteiger partial charge on any atom is 0.469 e. The van der Waals surface area contributed by atoms with Crippen molar-refractivity contribution in [1.29, 1.82) is 0 Å². The number of hydrogen-bond donors (Lipinski definition) is 4. The van der Waals surface area contributed by atoms with Crippen LogP contribution in [-0.4, -0.2) is 98.5 Å². The average molecular weight is 529 g/mol. The fourth-order valence-electron chi connectivity index (χ4n) is 3.21. The Kier molecular flexibility index (Phi) is 16.4. The molecule has 0 spiro atoms. The Morgan fingerprint density at radius 2 is 1.49 bits per heavy atom. The van der Waals surface area contributed by atoms with Gasteiger partial charge < -0.3 is 29.4 Å². The fraction of sp³-hybridized carbons (Fsp3) is 0.810. The zero-order valence-corrected chi connectivity index (χ0v) is 22.4. The molecule has 4 N–H and O–H groups in total. The molecule has 206 valence electrons. The normalized spacial score (nSPS) is 21.9. The number of nitrogens with one attached hydrogen (secondary N) is 1. The van der Waals surface area contributed by atoms with Crippen molar-refractivity contribution < 1.29 is 33.1 Å². The zero-order valence-electron chi connectivity index (χ0n) is 21.5. The highest BCUT2D eigenvalue weighted by molar-refractivity contribution is 7.46. The largest absolute Gasteiger partial charge is 0.469 e. The summed E-state index contributed by atoms with van der Waals surface area (Å²) in [6.45, 7) is 19.5. The third-order valence-electron chi connectivity index (χ3n) is 5.51. The van der Waals surface area contributed by atoms with Crippen LogP contribution in [0.4, 0.5) is 4.39 Å². The van der Waals surface area contributed by atoms with Crippen LogP contribution in [0.3, 0.4) is 0 Å². The Morgan fingerprint density at radius 1 is 1.03 bits per heavy atom. The van der Waals surface area contributed by atoms with E-state index in [9.17, 15) is 23.7 Å². The fourth-order valence-corrected chi connectivity index (χ4v) is 3.55. The van der Waals surface area contributed by atoms with Crippen LogP contribution < -0.4 is 11.2 Å². The molecule has 1 aliphatic rings. The maximum atomic E-state index is 13.9. The van der Waals surface area contributed by atoms with Gasteiger partial charge in [-0.25, -0.2) is 13.8 Å². The monoisotopic (exact) mass is 528 g/mol. The number of phosphoric ester groups is 1. The SMILES string of the molecule is CCN(CC)CC.CCN(CC)CC.O=c1ccn([C@@H]2O[C@H](COP(=O)(O)O)[C@@H](O)[C@H]2F)c(=O)[nH]1. The lowest BCUT2D eigenvalue weighted by Gasteiger charge is -2.15. The second-order valence-electron chi connectivity index (χ2n) is 7.54. The highest BCUT2D eigenvalue weighted by Crippen LogP contribution is 2.38. The average Bonchev–Trinajstić information content (AvgIpc) is 3.09. The van der Waals surface area contributed by atoms with E-state index >= 15 is 0 Å². The number of halogens is 1. The molecule has 0 saturated carbocycles. The van der Waals surface area contributed by atoms with Crippen LogP contribution in [0.1, 0.15) is 47.8 Å². The maximum absolute atomic E-state index is 13.9. The molecule has 2 heterocycles. The lowest BCUT2D eigenvalue weighted by atomic mass is 10.1. The second-order valence-corrected chi connectivity index (χ2v) is 8.78. The quantitative estimate of drug-likeness (QED) is 0.322. The van der Waals surface area contributed by atoms with Crippen molar-refractivity contribution in [3.63, 3.8) is 0 Å². The molecular formula is C21H42FN4O8P. The van der Waals surface area contributed by atoms with E-state index in [1.54, 1.807) is 0 Å². The lowest BCUT2D eigenvalue weighted by molar-refractivity contribution is -0.0483. The summed E-state index contributed by atoms with van der Waals surface area (Å²) in [4.78, 5) is 46.2. The number of H-pyrrole nitrogens is 1. The molecule has 35 heavy (non-hydrogen) atoms. The first-order chi connectivity index (χ1) is 16.4. The molecule has 0 aromatic carbocycles.